The van der Waals surface area contributed by atoms with Crippen LogP contribution in [-0.2, 0) is 10.1 Å². The van der Waals surface area contributed by atoms with E-state index in [1.165, 1.54) is 0 Å². The van der Waals surface area contributed by atoms with Gasteiger partial charge in [-0.25, -0.2) is 0 Å². The van der Waals surface area contributed by atoms with Crippen LogP contribution in [0.4, 0.5) is 5.69 Å². The molecule has 1 aromatic rings. The maximum Gasteiger partial charge on any atom is 0.306 e. The highest BCUT2D eigenvalue weighted by molar-refractivity contribution is 7.86. The van der Waals surface area contributed by atoms with E-state index in [9.17, 15) is 23.3 Å². The first-order valence-corrected chi connectivity index (χ1v) is 6.28. The summed E-state index contributed by atoms with van der Waals surface area (Å²) in [7, 11) is -3.79. The Hall–Kier alpha value is -1.67. The molecule has 0 saturated heterocycles. The van der Waals surface area contributed by atoms with Crippen LogP contribution >= 0.6 is 11.6 Å². The van der Waals surface area contributed by atoms with Crippen molar-refractivity contribution in [1.82, 2.24) is 0 Å². The van der Waals surface area contributed by atoms with E-state index in [4.69, 9.17) is 11.6 Å². The van der Waals surface area contributed by atoms with Gasteiger partial charge in [0.15, 0.2) is 0 Å². The summed E-state index contributed by atoms with van der Waals surface area (Å²) in [5.41, 5.74) is -0.955. The highest BCUT2D eigenvalue weighted by Gasteiger charge is 2.20. The fourth-order valence-corrected chi connectivity index (χ4v) is 1.67. The molecule has 0 unspecified atom stereocenters. The van der Waals surface area contributed by atoms with E-state index in [0.717, 1.165) is 24.5 Å². The van der Waals surface area contributed by atoms with Gasteiger partial charge in [-0.15, -0.1) is 0 Å². The lowest BCUT2D eigenvalue weighted by molar-refractivity contribution is -0.385. The van der Waals surface area contributed by atoms with E-state index in [0.29, 0.717) is 0 Å². The molecule has 0 bridgehead atoms. The first kappa shape index (κ1) is 13.4. The maximum atomic E-state index is 10.9. The van der Waals surface area contributed by atoms with Crippen LogP contribution in [0.15, 0.2) is 18.2 Å². The van der Waals surface area contributed by atoms with E-state index < -0.39 is 26.0 Å². The maximum absolute atomic E-state index is 10.9. The number of halogens is 1. The minimum Gasteiger partial charge on any atom is -0.382 e. The van der Waals surface area contributed by atoms with Crippen LogP contribution in [0.3, 0.4) is 0 Å². The first-order valence-electron chi connectivity index (χ1n) is 4.08. The highest BCUT2D eigenvalue weighted by atomic mass is 35.5. The molecule has 1 rings (SSSR count). The van der Waals surface area contributed by atoms with Crippen molar-refractivity contribution in [3.8, 4) is 5.75 Å². The predicted octanol–water partition coefficient (Wildman–Crippen LogP) is 1.31. The van der Waals surface area contributed by atoms with Crippen LogP contribution in [0.25, 0.3) is 0 Å². The number of hydrogen-bond donors (Lipinski definition) is 0. The smallest absolute Gasteiger partial charge is 0.306 e. The third kappa shape index (κ3) is 3.68. The Balaban J connectivity index is 3.28. The summed E-state index contributed by atoms with van der Waals surface area (Å²) in [5.74, 6) is -0.263. The lowest BCUT2D eigenvalue weighted by Crippen LogP contribution is -2.07. The number of benzene rings is 1. The molecule has 0 N–H and O–H groups in total. The fraction of sp³-hybridized carbons (Fsp3) is 0.125. The van der Waals surface area contributed by atoms with Crippen molar-refractivity contribution >= 4 is 32.6 Å². The zero-order valence-corrected chi connectivity index (χ0v) is 9.99. The monoisotopic (exact) mass is 279 g/mol. The lowest BCUT2D eigenvalue weighted by Gasteiger charge is -2.03. The average molecular weight is 280 g/mol. The number of nitro groups is 1. The van der Waals surface area contributed by atoms with Crippen molar-refractivity contribution in [3.05, 3.63) is 33.9 Å². The molecule has 17 heavy (non-hydrogen) atoms. The Morgan fingerprint density at radius 3 is 2.47 bits per heavy atom. The molecule has 0 fully saturated rings. The number of carbonyl (C=O) groups excluding carboxylic acids is 1. The molecule has 0 saturated carbocycles. The summed E-state index contributed by atoms with van der Waals surface area (Å²) in [6.45, 7) is 0. The van der Waals surface area contributed by atoms with Gasteiger partial charge in [-0.3, -0.25) is 14.9 Å². The zero-order valence-electron chi connectivity index (χ0n) is 8.41. The van der Waals surface area contributed by atoms with Gasteiger partial charge < -0.3 is 4.18 Å². The minimum absolute atomic E-state index is 0.263. The van der Waals surface area contributed by atoms with Crippen LogP contribution in [0.1, 0.15) is 10.4 Å². The average Bonchev–Trinajstić information content (AvgIpc) is 2.14. The summed E-state index contributed by atoms with van der Waals surface area (Å²) >= 11 is 5.14. The van der Waals surface area contributed by atoms with E-state index in [1.54, 1.807) is 0 Å². The second kappa shape index (κ2) is 4.68. The summed E-state index contributed by atoms with van der Waals surface area (Å²) in [6.07, 6.45) is 0.791. The molecule has 0 aromatic heterocycles. The molecule has 0 aliphatic carbocycles. The summed E-state index contributed by atoms with van der Waals surface area (Å²) in [6, 6.07) is 2.94. The molecule has 9 heteroatoms. The topological polar surface area (TPSA) is 104 Å². The standard InChI is InChI=1S/C8H6ClNO6S/c1-17(14,15)16-5-2-3-6(8(9)11)7(4-5)10(12)13/h2-4H,1H3. The number of hydrogen-bond acceptors (Lipinski definition) is 6. The SMILES string of the molecule is CS(=O)(=O)Oc1ccc(C(=O)Cl)c([N+](=O)[O-])c1. The minimum atomic E-state index is -3.79. The zero-order chi connectivity index (χ0) is 13.2. The van der Waals surface area contributed by atoms with Gasteiger partial charge >= 0.3 is 10.1 Å². The Morgan fingerprint density at radius 1 is 1.47 bits per heavy atom. The summed E-state index contributed by atoms with van der Waals surface area (Å²) in [4.78, 5) is 20.6. The van der Waals surface area contributed by atoms with E-state index in [1.807, 2.05) is 0 Å². The molecule has 0 spiro atoms. The van der Waals surface area contributed by atoms with E-state index in [-0.39, 0.29) is 11.3 Å². The van der Waals surface area contributed by atoms with Gasteiger partial charge in [0.1, 0.15) is 11.3 Å². The molecule has 7 nitrogen and oxygen atoms in total. The van der Waals surface area contributed by atoms with Crippen LogP contribution in [0, 0.1) is 10.1 Å². The van der Waals surface area contributed by atoms with Crippen molar-refractivity contribution in [2.75, 3.05) is 6.26 Å². The molecular formula is C8H6ClNO6S. The van der Waals surface area contributed by atoms with Gasteiger partial charge in [0.05, 0.1) is 17.2 Å². The quantitative estimate of drug-likeness (QED) is 0.356. The van der Waals surface area contributed by atoms with E-state index >= 15 is 0 Å². The molecule has 1 aromatic carbocycles. The van der Waals surface area contributed by atoms with Crippen LogP contribution in [0.5, 0.6) is 5.75 Å². The molecule has 92 valence electrons. The Kier molecular flexibility index (Phi) is 3.69. The van der Waals surface area contributed by atoms with Crippen molar-refractivity contribution in [2.24, 2.45) is 0 Å². The van der Waals surface area contributed by atoms with Gasteiger partial charge in [-0.05, 0) is 23.7 Å². The first-order chi connectivity index (χ1) is 7.70. The van der Waals surface area contributed by atoms with Crippen molar-refractivity contribution in [3.63, 3.8) is 0 Å². The molecule has 0 heterocycles. The third-order valence-corrected chi connectivity index (χ3v) is 2.32. The fourth-order valence-electron chi connectivity index (χ4n) is 1.06. The summed E-state index contributed by atoms with van der Waals surface area (Å²) in [5, 5.41) is 9.62. The van der Waals surface area contributed by atoms with Gasteiger partial charge in [-0.1, -0.05) is 0 Å². The van der Waals surface area contributed by atoms with Gasteiger partial charge in [-0.2, -0.15) is 8.42 Å². The van der Waals surface area contributed by atoms with Crippen molar-refractivity contribution in [1.29, 1.82) is 0 Å². The van der Waals surface area contributed by atoms with Crippen molar-refractivity contribution < 1.29 is 22.3 Å². The third-order valence-electron chi connectivity index (χ3n) is 1.63. The van der Waals surface area contributed by atoms with Crippen LogP contribution in [-0.4, -0.2) is 24.8 Å². The number of nitro benzene ring substituents is 1. The molecule has 0 atom stereocenters. The predicted molar refractivity (Wildman–Crippen MR) is 58.8 cm³/mol. The van der Waals surface area contributed by atoms with Gasteiger partial charge in [0.25, 0.3) is 10.9 Å². The Bertz CT molecular complexity index is 582. The second-order valence-electron chi connectivity index (χ2n) is 3.00. The van der Waals surface area contributed by atoms with Crippen LogP contribution in [0.2, 0.25) is 0 Å². The van der Waals surface area contributed by atoms with Crippen LogP contribution < -0.4 is 4.18 Å². The number of nitrogens with zero attached hydrogens (tertiary/aromatic N) is 1. The summed E-state index contributed by atoms with van der Waals surface area (Å²) < 4.78 is 26.1. The normalized spacial score (nSPS) is 10.9. The molecule has 0 aliphatic rings. The number of rotatable bonds is 4. The van der Waals surface area contributed by atoms with Gasteiger partial charge in [0, 0.05) is 0 Å². The molecule has 0 amide bonds. The molecule has 0 aliphatic heterocycles. The molecule has 0 radical (unpaired) electrons. The van der Waals surface area contributed by atoms with Crippen molar-refractivity contribution in [2.45, 2.75) is 0 Å². The van der Waals surface area contributed by atoms with E-state index in [2.05, 4.69) is 4.18 Å². The highest BCUT2D eigenvalue weighted by Crippen LogP contribution is 2.26. The van der Waals surface area contributed by atoms with Gasteiger partial charge in [0.2, 0.25) is 0 Å². The Morgan fingerprint density at radius 2 is 2.06 bits per heavy atom. The Labute approximate surface area is 101 Å². The molecular weight excluding hydrogens is 274 g/mol. The number of carbonyl (C=O) groups is 1. The largest absolute Gasteiger partial charge is 0.382 e. The lowest BCUT2D eigenvalue weighted by atomic mass is 10.2. The second-order valence-corrected chi connectivity index (χ2v) is 4.92.